The molecule has 2 nitrogen and oxygen atoms in total. The predicted octanol–water partition coefficient (Wildman–Crippen LogP) is 9.18. The average molecular weight is 434 g/mol. The zero-order valence-corrected chi connectivity index (χ0v) is 21.8. The van der Waals surface area contributed by atoms with Crippen molar-refractivity contribution < 1.29 is 4.57 Å². The minimum Gasteiger partial charge on any atom is -0.235 e. The van der Waals surface area contributed by atoms with Crippen molar-refractivity contribution in [2.75, 3.05) is 0 Å². The van der Waals surface area contributed by atoms with E-state index in [1.165, 1.54) is 141 Å². The monoisotopic (exact) mass is 433 g/mol. The predicted molar refractivity (Wildman–Crippen MR) is 138 cm³/mol. The summed E-state index contributed by atoms with van der Waals surface area (Å²) in [5, 5.41) is 0. The molecule has 31 heavy (non-hydrogen) atoms. The molecule has 0 saturated heterocycles. The molecule has 0 saturated carbocycles. The van der Waals surface area contributed by atoms with Gasteiger partial charge in [0.15, 0.2) is 0 Å². The maximum atomic E-state index is 2.55. The van der Waals surface area contributed by atoms with Gasteiger partial charge < -0.3 is 0 Å². The van der Waals surface area contributed by atoms with Crippen LogP contribution in [0.3, 0.4) is 0 Å². The summed E-state index contributed by atoms with van der Waals surface area (Å²) in [5.41, 5.74) is 0. The van der Waals surface area contributed by atoms with Gasteiger partial charge in [0, 0.05) is 6.42 Å². The van der Waals surface area contributed by atoms with Crippen molar-refractivity contribution in [3.05, 3.63) is 18.2 Å². The normalized spacial score (nSPS) is 11.5. The molecule has 0 amide bonds. The number of unbranched alkanes of at least 4 members (excludes halogenated alkanes) is 18. The lowest BCUT2D eigenvalue weighted by atomic mass is 10.0. The molecule has 1 aromatic rings. The van der Waals surface area contributed by atoms with Gasteiger partial charge in [-0.3, -0.25) is 0 Å². The molecule has 0 spiro atoms. The zero-order valence-electron chi connectivity index (χ0n) is 21.8. The van der Waals surface area contributed by atoms with Crippen molar-refractivity contribution >= 4 is 0 Å². The van der Waals surface area contributed by atoms with Crippen LogP contribution in [-0.2, 0) is 19.5 Å². The van der Waals surface area contributed by atoms with Crippen LogP contribution in [-0.4, -0.2) is 4.57 Å². The molecule has 0 radical (unpaired) electrons. The van der Waals surface area contributed by atoms with E-state index < -0.39 is 0 Å². The lowest BCUT2D eigenvalue weighted by Gasteiger charge is -2.06. The van der Waals surface area contributed by atoms with Crippen molar-refractivity contribution in [3.63, 3.8) is 0 Å². The largest absolute Gasteiger partial charge is 0.256 e. The second kappa shape index (κ2) is 21.1. The summed E-state index contributed by atoms with van der Waals surface area (Å²) in [6.45, 7) is 9.21. The molecule has 0 unspecified atom stereocenters. The highest BCUT2D eigenvalue weighted by atomic mass is 15.1. The average Bonchev–Trinajstić information content (AvgIpc) is 3.18. The third-order valence-corrected chi connectivity index (χ3v) is 6.94. The summed E-state index contributed by atoms with van der Waals surface area (Å²) in [4.78, 5) is 0. The Balaban J connectivity index is 2.04. The Morgan fingerprint density at radius 1 is 0.548 bits per heavy atom. The topological polar surface area (TPSA) is 8.81 Å². The van der Waals surface area contributed by atoms with Crippen molar-refractivity contribution in [1.82, 2.24) is 4.57 Å². The molecule has 0 N–H and O–H groups in total. The van der Waals surface area contributed by atoms with Crippen LogP contribution in [0.4, 0.5) is 0 Å². The van der Waals surface area contributed by atoms with Gasteiger partial charge in [-0.1, -0.05) is 123 Å². The maximum Gasteiger partial charge on any atom is 0.256 e. The van der Waals surface area contributed by atoms with Crippen molar-refractivity contribution in [2.45, 2.75) is 169 Å². The minimum absolute atomic E-state index is 1.11. The SMILES string of the molecule is CCCCCCCCCCCCCCCCc1n(CCCCCCCC)cc[n+]1CC. The van der Waals surface area contributed by atoms with Crippen LogP contribution in [0, 0.1) is 0 Å². The first-order valence-electron chi connectivity index (χ1n) is 14.4. The van der Waals surface area contributed by atoms with Crippen LogP contribution >= 0.6 is 0 Å². The molecular weight excluding hydrogens is 376 g/mol. The van der Waals surface area contributed by atoms with E-state index in [0.717, 1.165) is 6.54 Å². The smallest absolute Gasteiger partial charge is 0.235 e. The lowest BCUT2D eigenvalue weighted by Crippen LogP contribution is -2.36. The number of nitrogens with zero attached hydrogens (tertiary/aromatic N) is 2. The van der Waals surface area contributed by atoms with E-state index in [1.807, 2.05) is 0 Å². The van der Waals surface area contributed by atoms with Crippen molar-refractivity contribution in [1.29, 1.82) is 0 Å². The van der Waals surface area contributed by atoms with Crippen molar-refractivity contribution in [3.8, 4) is 0 Å². The fourth-order valence-corrected chi connectivity index (χ4v) is 4.82. The van der Waals surface area contributed by atoms with Crippen LogP contribution in [0.15, 0.2) is 12.4 Å². The highest BCUT2D eigenvalue weighted by Crippen LogP contribution is 2.14. The molecule has 1 rings (SSSR count). The van der Waals surface area contributed by atoms with Gasteiger partial charge in [-0.25, -0.2) is 9.13 Å². The van der Waals surface area contributed by atoms with Crippen LogP contribution < -0.4 is 4.57 Å². The molecular formula is C29H57N2+. The van der Waals surface area contributed by atoms with Gasteiger partial charge in [0.1, 0.15) is 12.4 Å². The van der Waals surface area contributed by atoms with E-state index in [4.69, 9.17) is 0 Å². The van der Waals surface area contributed by atoms with Crippen LogP contribution in [0.5, 0.6) is 0 Å². The molecule has 0 aromatic carbocycles. The van der Waals surface area contributed by atoms with Gasteiger partial charge in [0.05, 0.1) is 13.1 Å². The van der Waals surface area contributed by atoms with E-state index >= 15 is 0 Å². The Kier molecular flexibility index (Phi) is 19.2. The van der Waals surface area contributed by atoms with E-state index in [2.05, 4.69) is 42.3 Å². The molecule has 0 atom stereocenters. The van der Waals surface area contributed by atoms with Crippen molar-refractivity contribution in [2.24, 2.45) is 0 Å². The molecule has 0 fully saturated rings. The van der Waals surface area contributed by atoms with Gasteiger partial charge >= 0.3 is 0 Å². The molecule has 0 aliphatic carbocycles. The molecule has 2 heteroatoms. The third-order valence-electron chi connectivity index (χ3n) is 6.94. The standard InChI is InChI=1S/C29H57N2/c1-4-7-9-11-13-14-15-16-17-18-19-20-21-23-25-29-30(6-3)27-28-31(29)26-24-22-12-10-8-5-2/h27-28H,4-26H2,1-3H3/q+1. The molecule has 0 aliphatic heterocycles. The number of aryl methyl sites for hydroxylation is 2. The first-order chi connectivity index (χ1) is 15.3. The van der Waals surface area contributed by atoms with Crippen LogP contribution in [0.1, 0.15) is 155 Å². The lowest BCUT2D eigenvalue weighted by molar-refractivity contribution is -0.700. The highest BCUT2D eigenvalue weighted by molar-refractivity contribution is 4.84. The highest BCUT2D eigenvalue weighted by Gasteiger charge is 2.15. The summed E-state index contributed by atoms with van der Waals surface area (Å²) < 4.78 is 5.02. The summed E-state index contributed by atoms with van der Waals surface area (Å²) in [5.74, 6) is 1.56. The Morgan fingerprint density at radius 3 is 1.42 bits per heavy atom. The maximum absolute atomic E-state index is 2.55. The number of imidazole rings is 1. The van der Waals surface area contributed by atoms with Crippen LogP contribution in [0.25, 0.3) is 0 Å². The summed E-state index contributed by atoms with van der Waals surface area (Å²) in [7, 11) is 0. The number of aromatic nitrogens is 2. The van der Waals surface area contributed by atoms with E-state index in [-0.39, 0.29) is 0 Å². The molecule has 0 bridgehead atoms. The quantitative estimate of drug-likeness (QED) is 0.120. The summed E-state index contributed by atoms with van der Waals surface area (Å²) in [6, 6.07) is 0. The Labute approximate surface area is 196 Å². The van der Waals surface area contributed by atoms with Gasteiger partial charge in [-0.05, 0) is 26.2 Å². The van der Waals surface area contributed by atoms with Crippen LogP contribution in [0.2, 0.25) is 0 Å². The first kappa shape index (κ1) is 28.2. The number of hydrogen-bond donors (Lipinski definition) is 0. The second-order valence-electron chi connectivity index (χ2n) is 9.81. The number of rotatable bonds is 23. The Bertz CT molecular complexity index is 491. The molecule has 0 aliphatic rings. The van der Waals surface area contributed by atoms with E-state index in [1.54, 1.807) is 5.82 Å². The van der Waals surface area contributed by atoms with E-state index in [9.17, 15) is 0 Å². The van der Waals surface area contributed by atoms with Gasteiger partial charge in [-0.15, -0.1) is 0 Å². The fraction of sp³-hybridized carbons (Fsp3) is 0.897. The second-order valence-corrected chi connectivity index (χ2v) is 9.81. The summed E-state index contributed by atoms with van der Waals surface area (Å²) in [6.07, 6.45) is 34.4. The van der Waals surface area contributed by atoms with E-state index in [0.29, 0.717) is 0 Å². The molecule has 1 heterocycles. The Morgan fingerprint density at radius 2 is 0.968 bits per heavy atom. The Hall–Kier alpha value is -0.790. The van der Waals surface area contributed by atoms with Gasteiger partial charge in [0.25, 0.3) is 5.82 Å². The molecule has 182 valence electrons. The fourth-order valence-electron chi connectivity index (χ4n) is 4.82. The molecule has 1 aromatic heterocycles. The summed E-state index contributed by atoms with van der Waals surface area (Å²) >= 11 is 0. The number of hydrogen-bond acceptors (Lipinski definition) is 0. The first-order valence-corrected chi connectivity index (χ1v) is 14.4. The third kappa shape index (κ3) is 14.8. The zero-order chi connectivity index (χ0) is 22.4. The minimum atomic E-state index is 1.11. The van der Waals surface area contributed by atoms with Gasteiger partial charge in [0.2, 0.25) is 0 Å². The van der Waals surface area contributed by atoms with Gasteiger partial charge in [-0.2, -0.15) is 0 Å².